The van der Waals surface area contributed by atoms with Gasteiger partial charge < -0.3 is 30.7 Å². The van der Waals surface area contributed by atoms with Gasteiger partial charge in [-0.2, -0.15) is 13.2 Å². The van der Waals surface area contributed by atoms with Crippen LogP contribution in [0.1, 0.15) is 31.2 Å². The van der Waals surface area contributed by atoms with Gasteiger partial charge in [-0.05, 0) is 43.9 Å². The van der Waals surface area contributed by atoms with Gasteiger partial charge in [-0.25, -0.2) is 14.8 Å². The number of nitrogens with one attached hydrogen (secondary N) is 4. The van der Waals surface area contributed by atoms with E-state index in [1.165, 1.54) is 12.4 Å². The van der Waals surface area contributed by atoms with Gasteiger partial charge in [0.25, 0.3) is 0 Å². The number of amides is 2. The molecule has 0 bridgehead atoms. The summed E-state index contributed by atoms with van der Waals surface area (Å²) in [5.74, 6) is 1.34. The molecule has 0 unspecified atom stereocenters. The van der Waals surface area contributed by atoms with Crippen molar-refractivity contribution in [3.8, 4) is 11.6 Å². The number of alkyl halides is 3. The molecular formula is C22H27F3N6O3. The average molecular weight is 480 g/mol. The second-order valence-corrected chi connectivity index (χ2v) is 8.29. The lowest BCUT2D eigenvalue weighted by molar-refractivity contribution is -0.137. The first-order valence-corrected chi connectivity index (χ1v) is 11.1. The number of nitrogens with zero attached hydrogens (tertiary/aromatic N) is 2. The zero-order valence-electron chi connectivity index (χ0n) is 18.6. The number of rotatable bonds is 7. The van der Waals surface area contributed by atoms with E-state index in [0.29, 0.717) is 50.5 Å². The highest BCUT2D eigenvalue weighted by Crippen LogP contribution is 2.35. The van der Waals surface area contributed by atoms with E-state index in [1.807, 2.05) is 0 Å². The van der Waals surface area contributed by atoms with E-state index in [1.54, 1.807) is 13.1 Å². The van der Waals surface area contributed by atoms with Gasteiger partial charge in [-0.1, -0.05) is 0 Å². The Morgan fingerprint density at radius 3 is 2.47 bits per heavy atom. The Bertz CT molecular complexity index is 994. The molecular weight excluding hydrogens is 453 g/mol. The molecule has 2 fully saturated rings. The minimum Gasteiger partial charge on any atom is -0.486 e. The number of hydrogen-bond donors (Lipinski definition) is 4. The van der Waals surface area contributed by atoms with Crippen LogP contribution in [0.4, 0.5) is 29.5 Å². The van der Waals surface area contributed by atoms with Crippen LogP contribution in [-0.2, 0) is 6.18 Å². The van der Waals surface area contributed by atoms with Crippen molar-refractivity contribution in [1.29, 1.82) is 0 Å². The van der Waals surface area contributed by atoms with Crippen LogP contribution < -0.4 is 30.7 Å². The minimum absolute atomic E-state index is 0.0136. The smallest absolute Gasteiger partial charge is 0.416 e. The van der Waals surface area contributed by atoms with Crippen LogP contribution in [0, 0.1) is 0 Å². The fraction of sp³-hybridized carbons (Fsp3) is 0.500. The van der Waals surface area contributed by atoms with Gasteiger partial charge in [0.15, 0.2) is 0 Å². The third-order valence-corrected chi connectivity index (χ3v) is 5.79. The molecule has 0 radical (unpaired) electrons. The predicted octanol–water partition coefficient (Wildman–Crippen LogP) is 3.40. The van der Waals surface area contributed by atoms with Gasteiger partial charge in [0, 0.05) is 32.2 Å². The Kier molecular flexibility index (Phi) is 7.25. The highest BCUT2D eigenvalue weighted by molar-refractivity contribution is 5.91. The quantitative estimate of drug-likeness (QED) is 0.481. The third-order valence-electron chi connectivity index (χ3n) is 5.79. The van der Waals surface area contributed by atoms with Crippen LogP contribution >= 0.6 is 0 Å². The first kappa shape index (κ1) is 23.9. The molecule has 0 atom stereocenters. The van der Waals surface area contributed by atoms with E-state index < -0.39 is 17.8 Å². The highest BCUT2D eigenvalue weighted by Gasteiger charge is 2.32. The molecule has 1 aromatic heterocycles. The van der Waals surface area contributed by atoms with E-state index >= 15 is 0 Å². The molecule has 184 valence electrons. The first-order valence-electron chi connectivity index (χ1n) is 11.1. The lowest BCUT2D eigenvalue weighted by Crippen LogP contribution is -2.50. The molecule has 4 N–H and O–H groups in total. The van der Waals surface area contributed by atoms with Crippen molar-refractivity contribution in [1.82, 2.24) is 20.6 Å². The zero-order chi connectivity index (χ0) is 24.1. The molecule has 1 aromatic carbocycles. The monoisotopic (exact) mass is 480 g/mol. The van der Waals surface area contributed by atoms with E-state index in [0.717, 1.165) is 12.1 Å². The van der Waals surface area contributed by atoms with Crippen LogP contribution in [0.25, 0.3) is 0 Å². The van der Waals surface area contributed by atoms with E-state index in [4.69, 9.17) is 9.47 Å². The van der Waals surface area contributed by atoms with Gasteiger partial charge in [-0.15, -0.1) is 0 Å². The maximum Gasteiger partial charge on any atom is 0.416 e. The van der Waals surface area contributed by atoms with Gasteiger partial charge in [-0.3, -0.25) is 0 Å². The molecule has 1 saturated carbocycles. The second kappa shape index (κ2) is 10.3. The first-order chi connectivity index (χ1) is 16.3. The molecule has 0 spiro atoms. The van der Waals surface area contributed by atoms with Gasteiger partial charge in [0.2, 0.25) is 5.88 Å². The molecule has 2 aromatic rings. The molecule has 1 saturated heterocycles. The van der Waals surface area contributed by atoms with Crippen LogP contribution in [0.3, 0.4) is 0 Å². The van der Waals surface area contributed by atoms with E-state index in [9.17, 15) is 18.0 Å². The van der Waals surface area contributed by atoms with Crippen LogP contribution in [-0.4, -0.2) is 54.4 Å². The average Bonchev–Trinajstić information content (AvgIpc) is 2.77. The Morgan fingerprint density at radius 1 is 1.06 bits per heavy atom. The lowest BCUT2D eigenvalue weighted by atomic mass is 9.93. The molecule has 2 amide bonds. The van der Waals surface area contributed by atoms with Gasteiger partial charge in [0.1, 0.15) is 30.1 Å². The summed E-state index contributed by atoms with van der Waals surface area (Å²) in [6.07, 6.45) is -0.545. The predicted molar refractivity (Wildman–Crippen MR) is 119 cm³/mol. The summed E-state index contributed by atoms with van der Waals surface area (Å²) in [6, 6.07) is 4.10. The third kappa shape index (κ3) is 6.19. The van der Waals surface area contributed by atoms with Crippen molar-refractivity contribution in [3.63, 3.8) is 0 Å². The molecule has 34 heavy (non-hydrogen) atoms. The lowest BCUT2D eigenvalue weighted by Gasteiger charge is -2.30. The Hall–Kier alpha value is -3.28. The molecule has 4 rings (SSSR count). The molecule has 9 nitrogen and oxygen atoms in total. The van der Waals surface area contributed by atoms with E-state index in [2.05, 4.69) is 31.2 Å². The van der Waals surface area contributed by atoms with Crippen molar-refractivity contribution in [2.45, 2.75) is 50.1 Å². The van der Waals surface area contributed by atoms with E-state index in [-0.39, 0.29) is 29.7 Å². The highest BCUT2D eigenvalue weighted by atomic mass is 19.4. The van der Waals surface area contributed by atoms with Crippen LogP contribution in [0.2, 0.25) is 0 Å². The van der Waals surface area contributed by atoms with Crippen LogP contribution in [0.15, 0.2) is 30.6 Å². The van der Waals surface area contributed by atoms with Gasteiger partial charge in [0.05, 0.1) is 11.3 Å². The molecule has 2 heterocycles. The number of halogens is 3. The van der Waals surface area contributed by atoms with Crippen molar-refractivity contribution in [3.05, 3.63) is 36.2 Å². The largest absolute Gasteiger partial charge is 0.486 e. The van der Waals surface area contributed by atoms with Crippen molar-refractivity contribution in [2.75, 3.05) is 30.8 Å². The van der Waals surface area contributed by atoms with Crippen molar-refractivity contribution < 1.29 is 27.4 Å². The summed E-state index contributed by atoms with van der Waals surface area (Å²) in [5, 5.41) is 11.3. The number of benzene rings is 1. The van der Waals surface area contributed by atoms with Gasteiger partial charge >= 0.3 is 12.2 Å². The Morgan fingerprint density at radius 2 is 1.82 bits per heavy atom. The van der Waals surface area contributed by atoms with Crippen molar-refractivity contribution in [2.24, 2.45) is 0 Å². The molecule has 2 aliphatic rings. The maximum absolute atomic E-state index is 13.2. The zero-order valence-corrected chi connectivity index (χ0v) is 18.6. The second-order valence-electron chi connectivity index (χ2n) is 8.29. The maximum atomic E-state index is 13.2. The molecule has 12 heteroatoms. The topological polar surface area (TPSA) is 109 Å². The molecule has 1 aliphatic heterocycles. The number of ether oxygens (including phenoxy) is 2. The fourth-order valence-corrected chi connectivity index (χ4v) is 3.81. The molecule has 1 aliphatic carbocycles. The summed E-state index contributed by atoms with van der Waals surface area (Å²) >= 11 is 0. The number of carbonyl (C=O) groups is 1. The number of anilines is 2. The number of urea groups is 1. The minimum atomic E-state index is -4.53. The Balaban J connectivity index is 1.32. The SMILES string of the molecule is CNc1cc(OC2CCC(NC(=O)Nc3cc(C(F)(F)F)ccc3OC3CNC3)CC2)ncn1. The summed E-state index contributed by atoms with van der Waals surface area (Å²) < 4.78 is 51.2. The standard InChI is InChI=1S/C22H27F3N6O3/c1-26-19-9-20(29-12-28-19)34-15-5-3-14(4-6-15)30-21(32)31-17-8-13(22(23,24)25)2-7-18(17)33-16-10-27-11-16/h2,7-9,12,14-16,27H,3-6,10-11H2,1H3,(H,26,28,29)(H2,30,31,32). The van der Waals surface area contributed by atoms with Crippen LogP contribution in [0.5, 0.6) is 11.6 Å². The summed E-state index contributed by atoms with van der Waals surface area (Å²) in [6.45, 7) is 1.20. The fourth-order valence-electron chi connectivity index (χ4n) is 3.81. The summed E-state index contributed by atoms with van der Waals surface area (Å²) in [7, 11) is 1.76. The number of aromatic nitrogens is 2. The number of carbonyl (C=O) groups excluding carboxylic acids is 1. The number of hydrogen-bond acceptors (Lipinski definition) is 7. The summed E-state index contributed by atoms with van der Waals surface area (Å²) in [4.78, 5) is 20.7. The summed E-state index contributed by atoms with van der Waals surface area (Å²) in [5.41, 5.74) is -0.869. The normalized spacial score (nSPS) is 20.7. The Labute approximate surface area is 194 Å². The van der Waals surface area contributed by atoms with Crippen molar-refractivity contribution >= 4 is 17.5 Å².